The summed E-state index contributed by atoms with van der Waals surface area (Å²) in [6.45, 7) is 12.4. The lowest BCUT2D eigenvalue weighted by molar-refractivity contribution is -0.169. The summed E-state index contributed by atoms with van der Waals surface area (Å²) in [5.41, 5.74) is 2.69. The molecule has 1 aromatic rings. The molecule has 2 aliphatic rings. The Morgan fingerprint density at radius 2 is 1.60 bits per heavy atom. The van der Waals surface area contributed by atoms with Crippen molar-refractivity contribution < 1.29 is 43.2 Å². The van der Waals surface area contributed by atoms with Gasteiger partial charge in [-0.25, -0.2) is 14.4 Å². The molecule has 3 rings (SSSR count). The number of likely N-dealkylation sites (tertiary alicyclic amines) is 1. The molecule has 0 bridgehead atoms. The van der Waals surface area contributed by atoms with Gasteiger partial charge in [0.1, 0.15) is 29.6 Å². The van der Waals surface area contributed by atoms with Crippen LogP contribution in [0.4, 0.5) is 4.79 Å². The van der Waals surface area contributed by atoms with Crippen LogP contribution in [0.15, 0.2) is 24.3 Å². The van der Waals surface area contributed by atoms with E-state index in [9.17, 15) is 24.3 Å². The number of hydrogen-bond acceptors (Lipinski definition) is 10. The largest absolute Gasteiger partial charge is 0.490 e. The van der Waals surface area contributed by atoms with E-state index in [0.29, 0.717) is 11.3 Å². The third-order valence-electron chi connectivity index (χ3n) is 6.84. The number of nitrogens with two attached hydrogens (primary N) is 1. The lowest BCUT2D eigenvalue weighted by Gasteiger charge is -2.36. The first-order valence-corrected chi connectivity index (χ1v) is 14.4. The van der Waals surface area contributed by atoms with Crippen molar-refractivity contribution in [3.05, 3.63) is 29.8 Å². The Balaban J connectivity index is 1.58. The van der Waals surface area contributed by atoms with Crippen LogP contribution in [-0.4, -0.2) is 101 Å². The van der Waals surface area contributed by atoms with Gasteiger partial charge < -0.3 is 34.7 Å². The lowest BCUT2D eigenvalue weighted by atomic mass is 9.91. The van der Waals surface area contributed by atoms with E-state index in [1.54, 1.807) is 45.0 Å². The minimum Gasteiger partial charge on any atom is -0.490 e. The van der Waals surface area contributed by atoms with E-state index in [4.69, 9.17) is 24.7 Å². The van der Waals surface area contributed by atoms with E-state index < -0.39 is 46.9 Å². The van der Waals surface area contributed by atoms with Crippen molar-refractivity contribution in [1.82, 2.24) is 9.80 Å². The molecule has 0 aliphatic carbocycles. The summed E-state index contributed by atoms with van der Waals surface area (Å²) in [5.74, 6) is -2.40. The Morgan fingerprint density at radius 1 is 1.00 bits per heavy atom. The zero-order valence-electron chi connectivity index (χ0n) is 25.5. The summed E-state index contributed by atoms with van der Waals surface area (Å²) in [7, 11) is 0. The highest BCUT2D eigenvalue weighted by Crippen LogP contribution is 2.23. The summed E-state index contributed by atoms with van der Waals surface area (Å²) in [4.78, 5) is 53.7. The molecule has 2 aliphatic heterocycles. The van der Waals surface area contributed by atoms with Gasteiger partial charge in [-0.05, 0) is 85.2 Å². The molecule has 0 radical (unpaired) electrons. The van der Waals surface area contributed by atoms with Crippen LogP contribution in [0, 0.1) is 0 Å². The van der Waals surface area contributed by atoms with Crippen LogP contribution >= 0.6 is 0 Å². The highest BCUT2D eigenvalue weighted by atomic mass is 16.6. The minimum absolute atomic E-state index is 0.0796. The highest BCUT2D eigenvalue weighted by Gasteiger charge is 2.45. The molecular weight excluding hydrogens is 546 g/mol. The fourth-order valence-electron chi connectivity index (χ4n) is 4.78. The van der Waals surface area contributed by atoms with Crippen LogP contribution in [0.5, 0.6) is 5.75 Å². The van der Waals surface area contributed by atoms with Gasteiger partial charge in [-0.15, -0.1) is 0 Å². The average molecular weight is 592 g/mol. The second kappa shape index (κ2) is 13.3. The van der Waals surface area contributed by atoms with E-state index >= 15 is 0 Å². The third-order valence-corrected chi connectivity index (χ3v) is 6.84. The van der Waals surface area contributed by atoms with Crippen LogP contribution in [0.1, 0.15) is 66.4 Å². The molecule has 1 aromatic carbocycles. The van der Waals surface area contributed by atoms with E-state index in [2.05, 4.69) is 4.90 Å². The molecule has 3 atom stereocenters. The molecule has 2 saturated heterocycles. The maximum atomic E-state index is 13.1. The number of nitrogens with zero attached hydrogens (tertiary/aromatic N) is 2. The predicted molar refractivity (Wildman–Crippen MR) is 153 cm³/mol. The molecule has 1 amide bonds. The molecule has 12 heteroatoms. The van der Waals surface area contributed by atoms with Gasteiger partial charge in [0.25, 0.3) is 0 Å². The molecule has 2 heterocycles. The number of carboxylic acids is 1. The number of ether oxygens (including phenoxy) is 4. The minimum atomic E-state index is -2.25. The average Bonchev–Trinajstić information content (AvgIpc) is 3.24. The van der Waals surface area contributed by atoms with Crippen molar-refractivity contribution in [3.63, 3.8) is 0 Å². The van der Waals surface area contributed by atoms with Gasteiger partial charge in [0.05, 0.1) is 13.1 Å². The van der Waals surface area contributed by atoms with Gasteiger partial charge in [0.15, 0.2) is 6.10 Å². The summed E-state index contributed by atoms with van der Waals surface area (Å²) in [5, 5.41) is 9.65. The number of piperidine rings is 1. The number of hydrogen-bond donors (Lipinski definition) is 2. The smallest absolute Gasteiger partial charge is 0.410 e. The molecule has 3 unspecified atom stereocenters. The molecule has 234 valence electrons. The predicted octanol–water partition coefficient (Wildman–Crippen LogP) is 2.75. The molecular formula is C30H45N3O9. The highest BCUT2D eigenvalue weighted by molar-refractivity contribution is 6.04. The number of benzene rings is 1. The van der Waals surface area contributed by atoms with Gasteiger partial charge in [-0.1, -0.05) is 18.6 Å². The Bertz CT molecular complexity index is 1120. The fourth-order valence-corrected chi connectivity index (χ4v) is 4.78. The maximum Gasteiger partial charge on any atom is 0.410 e. The van der Waals surface area contributed by atoms with Crippen molar-refractivity contribution in [2.75, 3.05) is 32.8 Å². The topological polar surface area (TPSA) is 158 Å². The number of esters is 2. The monoisotopic (exact) mass is 591 g/mol. The second-order valence-electron chi connectivity index (χ2n) is 13.0. The van der Waals surface area contributed by atoms with Crippen molar-refractivity contribution in [2.24, 2.45) is 5.73 Å². The molecule has 3 N–H and O–H groups in total. The molecule has 2 fully saturated rings. The first-order valence-electron chi connectivity index (χ1n) is 14.4. The quantitative estimate of drug-likeness (QED) is 0.221. The van der Waals surface area contributed by atoms with Gasteiger partial charge in [-0.3, -0.25) is 9.69 Å². The number of aliphatic carboxylic acids is 1. The Hall–Kier alpha value is -3.38. The Morgan fingerprint density at radius 3 is 2.14 bits per heavy atom. The van der Waals surface area contributed by atoms with Crippen LogP contribution in [-0.2, 0) is 35.0 Å². The summed E-state index contributed by atoms with van der Waals surface area (Å²) >= 11 is 0. The van der Waals surface area contributed by atoms with Crippen LogP contribution in [0.25, 0.3) is 0 Å². The van der Waals surface area contributed by atoms with Crippen LogP contribution in [0.3, 0.4) is 0 Å². The normalized spacial score (nSPS) is 20.3. The summed E-state index contributed by atoms with van der Waals surface area (Å²) in [6.07, 6.45) is 1.75. The van der Waals surface area contributed by atoms with Crippen LogP contribution < -0.4 is 10.5 Å². The number of carbonyl (C=O) groups is 4. The van der Waals surface area contributed by atoms with Crippen LogP contribution in [0.2, 0.25) is 0 Å². The standard InChI is InChI=1S/C30H45N3O9/c1-28(2,3)41-24(34)23(32-14-8-7-9-15-32)18-33-17-22(40-27(33)38)19-39-21-12-10-20(11-13-21)16-30(31,25(35)36)26(37)42-29(4,5)6/h10-13,22-23H,7-9,14-19,31H2,1-6H3,(H,35,36). The number of carboxylic acid groups (broad SMARTS) is 1. The fraction of sp³-hybridized carbons (Fsp3) is 0.667. The van der Waals surface area contributed by atoms with E-state index in [-0.39, 0.29) is 32.1 Å². The van der Waals surface area contributed by atoms with Crippen molar-refractivity contribution in [2.45, 2.75) is 96.1 Å². The zero-order chi connectivity index (χ0) is 31.3. The lowest BCUT2D eigenvalue weighted by Crippen LogP contribution is -2.58. The first kappa shape index (κ1) is 33.1. The Labute approximate surface area is 247 Å². The number of cyclic esters (lactones) is 1. The van der Waals surface area contributed by atoms with Gasteiger partial charge in [-0.2, -0.15) is 0 Å². The van der Waals surface area contributed by atoms with Crippen molar-refractivity contribution >= 4 is 24.0 Å². The van der Waals surface area contributed by atoms with E-state index in [1.807, 2.05) is 20.8 Å². The SMILES string of the molecule is CC(C)(C)OC(=O)C(CN1CC(COc2ccc(CC(N)(C(=O)O)C(=O)OC(C)(C)C)cc2)OC1=O)N1CCCCC1. The van der Waals surface area contributed by atoms with E-state index in [0.717, 1.165) is 32.4 Å². The number of carbonyl (C=O) groups excluding carboxylic acids is 3. The molecule has 42 heavy (non-hydrogen) atoms. The zero-order valence-corrected chi connectivity index (χ0v) is 25.5. The maximum absolute atomic E-state index is 13.1. The van der Waals surface area contributed by atoms with Crippen molar-refractivity contribution in [3.8, 4) is 5.75 Å². The van der Waals surface area contributed by atoms with Gasteiger partial charge >= 0.3 is 24.0 Å². The molecule has 12 nitrogen and oxygen atoms in total. The third kappa shape index (κ3) is 9.32. The number of amides is 1. The molecule has 0 spiro atoms. The molecule has 0 saturated carbocycles. The second-order valence-corrected chi connectivity index (χ2v) is 13.0. The Kier molecular flexibility index (Phi) is 10.5. The summed E-state index contributed by atoms with van der Waals surface area (Å²) in [6, 6.07) is 5.89. The molecule has 0 aromatic heterocycles. The van der Waals surface area contributed by atoms with Gasteiger partial charge in [0, 0.05) is 6.42 Å². The first-order chi connectivity index (χ1) is 19.5. The van der Waals surface area contributed by atoms with E-state index in [1.165, 1.54) is 4.90 Å². The van der Waals surface area contributed by atoms with Gasteiger partial charge in [0.2, 0.25) is 5.54 Å². The van der Waals surface area contributed by atoms with Crippen molar-refractivity contribution in [1.29, 1.82) is 0 Å². The number of rotatable bonds is 11. The summed E-state index contributed by atoms with van der Waals surface area (Å²) < 4.78 is 22.2.